The highest BCUT2D eigenvalue weighted by molar-refractivity contribution is 6.58. The molecule has 2 aromatic rings. The summed E-state index contributed by atoms with van der Waals surface area (Å²) in [6.45, 7) is 1.89. The molecule has 0 saturated carbocycles. The Morgan fingerprint density at radius 3 is 2.58 bits per heavy atom. The van der Waals surface area contributed by atoms with Crippen LogP contribution in [0.3, 0.4) is 0 Å². The van der Waals surface area contributed by atoms with Gasteiger partial charge >= 0.3 is 7.12 Å². The Hall–Kier alpha value is -2.05. The fourth-order valence-corrected chi connectivity index (χ4v) is 1.69. The Bertz CT molecular complexity index is 549. The number of rotatable bonds is 4. The molecule has 0 aliphatic carbocycles. The normalized spacial score (nSPS) is 11.9. The molecule has 1 aromatic carbocycles. The van der Waals surface area contributed by atoms with Gasteiger partial charge in [0.15, 0.2) is 11.6 Å². The minimum Gasteiger partial charge on any atom is -0.482 e. The Kier molecular flexibility index (Phi) is 4.04. The second-order valence-corrected chi connectivity index (χ2v) is 4.20. The molecule has 0 amide bonds. The second-order valence-electron chi connectivity index (χ2n) is 4.20. The molecule has 1 atom stereocenters. The molecule has 0 saturated heterocycles. The summed E-state index contributed by atoms with van der Waals surface area (Å²) in [7, 11) is -1.59. The summed E-state index contributed by atoms with van der Waals surface area (Å²) >= 11 is 0. The van der Waals surface area contributed by atoms with Gasteiger partial charge in [0.2, 0.25) is 0 Å². The van der Waals surface area contributed by atoms with E-state index in [1.165, 1.54) is 12.3 Å². The molecule has 0 fully saturated rings. The molecular weight excluding hydrogens is 243 g/mol. The first kappa shape index (κ1) is 13.4. The highest BCUT2D eigenvalue weighted by Crippen LogP contribution is 2.24. The van der Waals surface area contributed by atoms with Crippen molar-refractivity contribution in [3.8, 4) is 5.75 Å². The number of hydrogen-bond donors (Lipinski definition) is 3. The number of anilines is 1. The van der Waals surface area contributed by atoms with E-state index in [0.717, 1.165) is 5.56 Å². The van der Waals surface area contributed by atoms with E-state index < -0.39 is 7.12 Å². The zero-order valence-corrected chi connectivity index (χ0v) is 10.5. The first-order chi connectivity index (χ1) is 9.08. The van der Waals surface area contributed by atoms with Crippen molar-refractivity contribution in [3.05, 3.63) is 48.2 Å². The molecule has 0 aliphatic rings. The molecule has 19 heavy (non-hydrogen) atoms. The quantitative estimate of drug-likeness (QED) is 0.694. The smallest absolute Gasteiger partial charge is 0.482 e. The topological polar surface area (TPSA) is 88.6 Å². The van der Waals surface area contributed by atoms with Crippen LogP contribution in [0.15, 0.2) is 42.6 Å². The van der Waals surface area contributed by atoms with Crippen LogP contribution in [0.4, 0.5) is 5.82 Å². The molecule has 0 unspecified atom stereocenters. The first-order valence-corrected chi connectivity index (χ1v) is 5.91. The monoisotopic (exact) mass is 258 g/mol. The van der Waals surface area contributed by atoms with Crippen LogP contribution in [0.25, 0.3) is 0 Å². The van der Waals surface area contributed by atoms with E-state index in [-0.39, 0.29) is 17.4 Å². The summed E-state index contributed by atoms with van der Waals surface area (Å²) in [6, 6.07) is 11.1. The van der Waals surface area contributed by atoms with Crippen LogP contribution >= 0.6 is 0 Å². The van der Waals surface area contributed by atoms with E-state index in [1.54, 1.807) is 0 Å². The predicted octanol–water partition coefficient (Wildman–Crippen LogP) is 0.484. The van der Waals surface area contributed by atoms with Crippen molar-refractivity contribution in [2.24, 2.45) is 0 Å². The third kappa shape index (κ3) is 3.24. The Labute approximate surface area is 111 Å². The first-order valence-electron chi connectivity index (χ1n) is 5.91. The SMILES string of the molecule is C[C@@H](Oc1cc(B(O)O)cnc1N)c1ccccc1. The van der Waals surface area contributed by atoms with Crippen LogP contribution in [0.1, 0.15) is 18.6 Å². The van der Waals surface area contributed by atoms with Crippen LogP contribution in [0, 0.1) is 0 Å². The van der Waals surface area contributed by atoms with E-state index in [0.29, 0.717) is 5.75 Å². The van der Waals surface area contributed by atoms with Crippen molar-refractivity contribution >= 4 is 18.4 Å². The van der Waals surface area contributed by atoms with Gasteiger partial charge in [0, 0.05) is 11.7 Å². The van der Waals surface area contributed by atoms with Crippen LogP contribution in [0.2, 0.25) is 0 Å². The van der Waals surface area contributed by atoms with Gasteiger partial charge in [-0.3, -0.25) is 0 Å². The number of nitrogen functional groups attached to an aromatic ring is 1. The summed E-state index contributed by atoms with van der Waals surface area (Å²) in [6.07, 6.45) is 1.09. The van der Waals surface area contributed by atoms with E-state index in [4.69, 9.17) is 20.5 Å². The van der Waals surface area contributed by atoms with Gasteiger partial charge in [-0.25, -0.2) is 4.98 Å². The summed E-state index contributed by atoms with van der Waals surface area (Å²) < 4.78 is 5.71. The lowest BCUT2D eigenvalue weighted by Gasteiger charge is -2.16. The minimum atomic E-state index is -1.59. The highest BCUT2D eigenvalue weighted by Gasteiger charge is 2.16. The molecule has 0 radical (unpaired) electrons. The number of nitrogens with two attached hydrogens (primary N) is 1. The van der Waals surface area contributed by atoms with Crippen LogP contribution < -0.4 is 15.9 Å². The Morgan fingerprint density at radius 1 is 1.26 bits per heavy atom. The zero-order valence-electron chi connectivity index (χ0n) is 10.5. The van der Waals surface area contributed by atoms with Crippen molar-refractivity contribution in [2.45, 2.75) is 13.0 Å². The summed E-state index contributed by atoms with van der Waals surface area (Å²) in [5.74, 6) is 0.550. The summed E-state index contributed by atoms with van der Waals surface area (Å²) in [5, 5.41) is 18.2. The highest BCUT2D eigenvalue weighted by atomic mass is 16.5. The van der Waals surface area contributed by atoms with Crippen LogP contribution in [-0.2, 0) is 0 Å². The number of ether oxygens (including phenoxy) is 1. The zero-order chi connectivity index (χ0) is 13.8. The van der Waals surface area contributed by atoms with E-state index >= 15 is 0 Å². The third-order valence-electron chi connectivity index (χ3n) is 2.77. The van der Waals surface area contributed by atoms with Gasteiger partial charge in [-0.05, 0) is 18.6 Å². The van der Waals surface area contributed by atoms with E-state index in [9.17, 15) is 0 Å². The van der Waals surface area contributed by atoms with Gasteiger partial charge < -0.3 is 20.5 Å². The summed E-state index contributed by atoms with van der Waals surface area (Å²) in [4.78, 5) is 3.88. The van der Waals surface area contributed by atoms with E-state index in [1.807, 2.05) is 37.3 Å². The Balaban J connectivity index is 2.21. The molecule has 0 aliphatic heterocycles. The van der Waals surface area contributed by atoms with Gasteiger partial charge in [0.1, 0.15) is 6.10 Å². The van der Waals surface area contributed by atoms with Gasteiger partial charge in [-0.1, -0.05) is 30.3 Å². The van der Waals surface area contributed by atoms with Crippen molar-refractivity contribution < 1.29 is 14.8 Å². The van der Waals surface area contributed by atoms with E-state index in [2.05, 4.69) is 4.98 Å². The maximum atomic E-state index is 9.11. The molecular formula is C13H15BN2O3. The lowest BCUT2D eigenvalue weighted by molar-refractivity contribution is 0.227. The van der Waals surface area contributed by atoms with Crippen molar-refractivity contribution in [1.82, 2.24) is 4.98 Å². The van der Waals surface area contributed by atoms with Gasteiger partial charge in [0.05, 0.1) is 0 Å². The minimum absolute atomic E-state index is 0.212. The number of pyridine rings is 1. The van der Waals surface area contributed by atoms with Crippen molar-refractivity contribution in [3.63, 3.8) is 0 Å². The molecule has 0 bridgehead atoms. The molecule has 5 nitrogen and oxygen atoms in total. The molecule has 0 spiro atoms. The molecule has 4 N–H and O–H groups in total. The lowest BCUT2D eigenvalue weighted by atomic mass is 9.81. The third-order valence-corrected chi connectivity index (χ3v) is 2.77. The average Bonchev–Trinajstić information content (AvgIpc) is 2.42. The molecule has 98 valence electrons. The number of nitrogens with zero attached hydrogens (tertiary/aromatic N) is 1. The Morgan fingerprint density at radius 2 is 1.95 bits per heavy atom. The molecule has 6 heteroatoms. The van der Waals surface area contributed by atoms with Crippen LogP contribution in [-0.4, -0.2) is 22.2 Å². The maximum absolute atomic E-state index is 9.11. The summed E-state index contributed by atoms with van der Waals surface area (Å²) in [5.41, 5.74) is 6.95. The van der Waals surface area contributed by atoms with Gasteiger partial charge in [0.25, 0.3) is 0 Å². The average molecular weight is 258 g/mol. The van der Waals surface area contributed by atoms with Crippen molar-refractivity contribution in [2.75, 3.05) is 5.73 Å². The number of benzene rings is 1. The fraction of sp³-hybridized carbons (Fsp3) is 0.154. The molecule has 1 aromatic heterocycles. The standard InChI is InChI=1S/C13H15BN2O3/c1-9(10-5-3-2-4-6-10)19-12-7-11(14(17)18)8-16-13(12)15/h2-9,17-18H,1H3,(H2,15,16)/t9-/m1/s1. The predicted molar refractivity (Wildman–Crippen MR) is 74.0 cm³/mol. The largest absolute Gasteiger partial charge is 0.490 e. The van der Waals surface area contributed by atoms with Gasteiger partial charge in [-0.15, -0.1) is 0 Å². The second kappa shape index (κ2) is 5.73. The molecule has 1 heterocycles. The van der Waals surface area contributed by atoms with Gasteiger partial charge in [-0.2, -0.15) is 0 Å². The maximum Gasteiger partial charge on any atom is 0.490 e. The number of hydrogen-bond acceptors (Lipinski definition) is 5. The van der Waals surface area contributed by atoms with Crippen molar-refractivity contribution in [1.29, 1.82) is 0 Å². The molecule has 2 rings (SSSR count). The fourth-order valence-electron chi connectivity index (χ4n) is 1.69. The lowest BCUT2D eigenvalue weighted by Crippen LogP contribution is -2.30. The number of aromatic nitrogens is 1. The van der Waals surface area contributed by atoms with Crippen LogP contribution in [0.5, 0.6) is 5.75 Å².